The van der Waals surface area contributed by atoms with Gasteiger partial charge in [-0.3, -0.25) is 9.59 Å². The van der Waals surface area contributed by atoms with Crippen LogP contribution in [0.2, 0.25) is 0 Å². The molecule has 260 valence electrons. The summed E-state index contributed by atoms with van der Waals surface area (Å²) in [4.78, 5) is 57.2. The number of nitrogens with one attached hydrogen (secondary N) is 2. The molecule has 0 aliphatic rings. The highest BCUT2D eigenvalue weighted by Crippen LogP contribution is 2.27. The predicted octanol–water partition coefficient (Wildman–Crippen LogP) is 6.15. The molecule has 9 nitrogen and oxygen atoms in total. The average molecular weight is 668 g/mol. The molecule has 3 aromatic carbocycles. The van der Waals surface area contributed by atoms with E-state index in [0.717, 1.165) is 11.1 Å². The van der Waals surface area contributed by atoms with Gasteiger partial charge < -0.3 is 25.0 Å². The molecular weight excluding hydrogens is 618 g/mol. The Hall–Kier alpha value is -5.10. The van der Waals surface area contributed by atoms with E-state index in [1.54, 1.807) is 79.7 Å². The van der Waals surface area contributed by atoms with Crippen molar-refractivity contribution < 1.29 is 28.7 Å². The first-order valence-electron chi connectivity index (χ1n) is 16.5. The summed E-state index contributed by atoms with van der Waals surface area (Å²) in [5.41, 5.74) is 1.06. The summed E-state index contributed by atoms with van der Waals surface area (Å²) in [5.74, 6) is 0.856. The molecule has 3 atom stereocenters. The number of hydrogen-bond donors (Lipinski definition) is 2. The van der Waals surface area contributed by atoms with E-state index in [2.05, 4.69) is 16.6 Å². The molecule has 0 saturated carbocycles. The number of alkyl carbamates (subject to hydrolysis) is 1. The quantitative estimate of drug-likeness (QED) is 0.177. The fourth-order valence-electron chi connectivity index (χ4n) is 5.23. The number of carbonyl (C=O) groups is 4. The van der Waals surface area contributed by atoms with E-state index >= 15 is 0 Å². The van der Waals surface area contributed by atoms with Gasteiger partial charge in [0.2, 0.25) is 11.8 Å². The largest absolute Gasteiger partial charge is 0.458 e. The molecule has 0 fully saturated rings. The van der Waals surface area contributed by atoms with Crippen LogP contribution in [0.3, 0.4) is 0 Å². The van der Waals surface area contributed by atoms with Crippen molar-refractivity contribution in [2.75, 3.05) is 0 Å². The van der Waals surface area contributed by atoms with Crippen molar-refractivity contribution in [2.45, 2.75) is 104 Å². The van der Waals surface area contributed by atoms with Gasteiger partial charge in [0.15, 0.2) is 0 Å². The predicted molar refractivity (Wildman–Crippen MR) is 190 cm³/mol. The fraction of sp³-hybridized carbons (Fsp3) is 0.400. The third kappa shape index (κ3) is 12.1. The normalized spacial score (nSPS) is 13.3. The summed E-state index contributed by atoms with van der Waals surface area (Å²) in [6.45, 7) is 14.0. The van der Waals surface area contributed by atoms with Gasteiger partial charge in [0.25, 0.3) is 0 Å². The number of carbonyl (C=O) groups excluding carboxylic acids is 4. The molecule has 0 aliphatic carbocycles. The topological polar surface area (TPSA) is 114 Å². The number of ether oxygens (including phenoxy) is 2. The van der Waals surface area contributed by atoms with E-state index in [1.165, 1.54) is 4.90 Å². The lowest BCUT2D eigenvalue weighted by Crippen LogP contribution is -2.57. The van der Waals surface area contributed by atoms with Gasteiger partial charge >= 0.3 is 12.1 Å². The first-order chi connectivity index (χ1) is 23.0. The van der Waals surface area contributed by atoms with Gasteiger partial charge in [-0.1, -0.05) is 78.7 Å². The monoisotopic (exact) mass is 667 g/mol. The zero-order chi connectivity index (χ0) is 36.4. The smallest absolute Gasteiger partial charge is 0.408 e. The summed E-state index contributed by atoms with van der Waals surface area (Å²) in [7, 11) is 0. The highest BCUT2D eigenvalue weighted by atomic mass is 16.6. The van der Waals surface area contributed by atoms with E-state index in [0.29, 0.717) is 11.1 Å². The molecule has 0 heterocycles. The third-order valence-electron chi connectivity index (χ3n) is 7.29. The summed E-state index contributed by atoms with van der Waals surface area (Å²) in [5, 5.41) is 5.66. The first kappa shape index (κ1) is 38.3. The SMILES string of the molecule is C#Cc1ccc(C(C(=O)NC(Cc2ccccc2)C(=O)OC(C)(C)C)N(C(=O)C(Cc2ccccc2)NC(=O)OC(C)(C)C)C(C)C)cc1. The number of hydrogen-bond acceptors (Lipinski definition) is 6. The Kier molecular flexibility index (Phi) is 13.2. The Bertz CT molecular complexity index is 1600. The van der Waals surface area contributed by atoms with Crippen molar-refractivity contribution in [2.24, 2.45) is 0 Å². The summed E-state index contributed by atoms with van der Waals surface area (Å²) in [6, 6.07) is 21.4. The Morgan fingerprint density at radius 1 is 0.714 bits per heavy atom. The Labute approximate surface area is 290 Å². The summed E-state index contributed by atoms with van der Waals surface area (Å²) in [6.07, 6.45) is 5.16. The van der Waals surface area contributed by atoms with Crippen LogP contribution in [-0.4, -0.2) is 58.1 Å². The van der Waals surface area contributed by atoms with Gasteiger partial charge in [-0.15, -0.1) is 6.42 Å². The van der Waals surface area contributed by atoms with Crippen LogP contribution in [0.4, 0.5) is 4.79 Å². The van der Waals surface area contributed by atoms with E-state index < -0.39 is 59.2 Å². The standard InChI is InChI=1S/C40H49N3O6/c1-10-28-21-23-31(24-22-28)34(35(44)41-33(37(46)48-39(4,5)6)26-30-19-15-12-16-20-30)43(27(2)3)36(45)32(25-29-17-13-11-14-18-29)42-38(47)49-40(7,8)9/h1,11-24,27,32-34H,25-26H2,2-9H3,(H,41,44)(H,42,47). The maximum absolute atomic E-state index is 14.7. The van der Waals surface area contributed by atoms with Crippen LogP contribution in [-0.2, 0) is 36.7 Å². The number of benzene rings is 3. The molecule has 0 spiro atoms. The van der Waals surface area contributed by atoms with Gasteiger partial charge in [0, 0.05) is 24.4 Å². The van der Waals surface area contributed by atoms with E-state index in [-0.39, 0.29) is 12.8 Å². The van der Waals surface area contributed by atoms with Crippen LogP contribution < -0.4 is 10.6 Å². The molecule has 2 N–H and O–H groups in total. The number of nitrogens with zero attached hydrogens (tertiary/aromatic N) is 1. The van der Waals surface area contributed by atoms with Crippen molar-refractivity contribution >= 4 is 23.9 Å². The van der Waals surface area contributed by atoms with E-state index in [9.17, 15) is 19.2 Å². The van der Waals surface area contributed by atoms with Crippen molar-refractivity contribution in [1.29, 1.82) is 0 Å². The second kappa shape index (κ2) is 16.8. The van der Waals surface area contributed by atoms with Crippen LogP contribution in [0.5, 0.6) is 0 Å². The summed E-state index contributed by atoms with van der Waals surface area (Å²) >= 11 is 0. The van der Waals surface area contributed by atoms with Gasteiger partial charge in [-0.05, 0) is 84.2 Å². The highest BCUT2D eigenvalue weighted by molar-refractivity contribution is 5.94. The number of rotatable bonds is 12. The molecule has 9 heteroatoms. The number of amides is 3. The molecule has 3 aromatic rings. The van der Waals surface area contributed by atoms with Crippen molar-refractivity contribution in [3.63, 3.8) is 0 Å². The van der Waals surface area contributed by atoms with Crippen molar-refractivity contribution in [1.82, 2.24) is 15.5 Å². The number of esters is 1. The lowest BCUT2D eigenvalue weighted by molar-refractivity contribution is -0.159. The Morgan fingerprint density at radius 3 is 1.65 bits per heavy atom. The molecule has 0 radical (unpaired) electrons. The van der Waals surface area contributed by atoms with E-state index in [1.807, 2.05) is 60.7 Å². The average Bonchev–Trinajstić information content (AvgIpc) is 3.01. The second-order valence-electron chi connectivity index (χ2n) is 14.2. The maximum atomic E-state index is 14.7. The van der Waals surface area contributed by atoms with Crippen LogP contribution >= 0.6 is 0 Å². The minimum atomic E-state index is -1.21. The van der Waals surface area contributed by atoms with Gasteiger partial charge in [-0.2, -0.15) is 0 Å². The minimum absolute atomic E-state index is 0.140. The first-order valence-corrected chi connectivity index (χ1v) is 16.5. The molecule has 0 saturated heterocycles. The Morgan fingerprint density at radius 2 is 1.20 bits per heavy atom. The van der Waals surface area contributed by atoms with Crippen LogP contribution in [0.15, 0.2) is 84.9 Å². The molecule has 0 bridgehead atoms. The maximum Gasteiger partial charge on any atom is 0.408 e. The molecule has 0 aromatic heterocycles. The van der Waals surface area contributed by atoms with Gasteiger partial charge in [-0.25, -0.2) is 9.59 Å². The van der Waals surface area contributed by atoms with Crippen LogP contribution in [0, 0.1) is 12.3 Å². The third-order valence-corrected chi connectivity index (χ3v) is 7.29. The van der Waals surface area contributed by atoms with Crippen LogP contribution in [0.25, 0.3) is 0 Å². The zero-order valence-corrected chi connectivity index (χ0v) is 29.8. The molecule has 0 aliphatic heterocycles. The van der Waals surface area contributed by atoms with E-state index in [4.69, 9.17) is 15.9 Å². The molecule has 49 heavy (non-hydrogen) atoms. The highest BCUT2D eigenvalue weighted by Gasteiger charge is 2.39. The molecular formula is C40H49N3O6. The molecule has 3 rings (SSSR count). The number of terminal acetylenes is 1. The van der Waals surface area contributed by atoms with Gasteiger partial charge in [0.05, 0.1) is 0 Å². The summed E-state index contributed by atoms with van der Waals surface area (Å²) < 4.78 is 11.2. The zero-order valence-electron chi connectivity index (χ0n) is 29.8. The molecule has 3 unspecified atom stereocenters. The van der Waals surface area contributed by atoms with Crippen molar-refractivity contribution in [3.8, 4) is 12.3 Å². The second-order valence-corrected chi connectivity index (χ2v) is 14.2. The Balaban J connectivity index is 2.10. The fourth-order valence-corrected chi connectivity index (χ4v) is 5.23. The van der Waals surface area contributed by atoms with Crippen molar-refractivity contribution in [3.05, 3.63) is 107 Å². The van der Waals surface area contributed by atoms with Crippen LogP contribution in [0.1, 0.15) is 83.7 Å². The van der Waals surface area contributed by atoms with Gasteiger partial charge in [0.1, 0.15) is 29.3 Å². The lowest BCUT2D eigenvalue weighted by atomic mass is 9.97. The minimum Gasteiger partial charge on any atom is -0.458 e. The molecule has 3 amide bonds. The lowest BCUT2D eigenvalue weighted by Gasteiger charge is -2.38.